The molecule has 0 amide bonds. The molecule has 3 nitrogen and oxygen atoms in total. The molecule has 0 radical (unpaired) electrons. The SMILES string of the molecule is C#CCCN1CCN(c2ccnc3cc(C(F)(F)F)ccc23)CC1. The highest BCUT2D eigenvalue weighted by Gasteiger charge is 2.31. The summed E-state index contributed by atoms with van der Waals surface area (Å²) in [5, 5.41) is 0.752. The molecule has 0 bridgehead atoms. The zero-order valence-electron chi connectivity index (χ0n) is 13.2. The van der Waals surface area contributed by atoms with E-state index in [1.165, 1.54) is 6.07 Å². The maximum atomic E-state index is 12.9. The summed E-state index contributed by atoms with van der Waals surface area (Å²) in [6, 6.07) is 5.62. The number of nitrogens with zero attached hydrogens (tertiary/aromatic N) is 3. The van der Waals surface area contributed by atoms with Gasteiger partial charge < -0.3 is 4.90 Å². The highest BCUT2D eigenvalue weighted by atomic mass is 19.4. The van der Waals surface area contributed by atoms with Crippen LogP contribution in [-0.4, -0.2) is 42.6 Å². The Bertz CT molecular complexity index is 756. The number of alkyl halides is 3. The molecule has 0 N–H and O–H groups in total. The Morgan fingerprint density at radius 1 is 1.12 bits per heavy atom. The van der Waals surface area contributed by atoms with E-state index in [0.717, 1.165) is 62.4 Å². The van der Waals surface area contributed by atoms with E-state index in [-0.39, 0.29) is 0 Å². The minimum atomic E-state index is -4.35. The van der Waals surface area contributed by atoms with Crippen molar-refractivity contribution in [3.63, 3.8) is 0 Å². The Labute approximate surface area is 139 Å². The second-order valence-electron chi connectivity index (χ2n) is 5.84. The number of piperazine rings is 1. The number of hydrogen-bond acceptors (Lipinski definition) is 3. The van der Waals surface area contributed by atoms with Crippen LogP contribution >= 0.6 is 0 Å². The molecule has 1 aliphatic heterocycles. The van der Waals surface area contributed by atoms with Crippen molar-refractivity contribution in [3.8, 4) is 12.3 Å². The lowest BCUT2D eigenvalue weighted by Crippen LogP contribution is -2.46. The van der Waals surface area contributed by atoms with Crippen LogP contribution in [0.2, 0.25) is 0 Å². The monoisotopic (exact) mass is 333 g/mol. The molecule has 6 heteroatoms. The van der Waals surface area contributed by atoms with Gasteiger partial charge in [-0.1, -0.05) is 6.07 Å². The Morgan fingerprint density at radius 2 is 1.88 bits per heavy atom. The fraction of sp³-hybridized carbons (Fsp3) is 0.389. The molecule has 126 valence electrons. The van der Waals surface area contributed by atoms with E-state index in [0.29, 0.717) is 5.52 Å². The number of benzene rings is 1. The van der Waals surface area contributed by atoms with Crippen molar-refractivity contribution in [3.05, 3.63) is 36.0 Å². The predicted molar refractivity (Wildman–Crippen MR) is 88.8 cm³/mol. The maximum Gasteiger partial charge on any atom is 0.416 e. The van der Waals surface area contributed by atoms with Gasteiger partial charge in [-0.05, 0) is 18.2 Å². The molecule has 0 unspecified atom stereocenters. The number of fused-ring (bicyclic) bond motifs is 1. The molecule has 1 fully saturated rings. The average Bonchev–Trinajstić information content (AvgIpc) is 2.58. The molecular formula is C18H18F3N3. The molecule has 2 heterocycles. The van der Waals surface area contributed by atoms with Gasteiger partial charge in [-0.2, -0.15) is 13.2 Å². The topological polar surface area (TPSA) is 19.4 Å². The molecule has 1 aromatic heterocycles. The summed E-state index contributed by atoms with van der Waals surface area (Å²) < 4.78 is 38.6. The molecule has 1 aliphatic rings. The highest BCUT2D eigenvalue weighted by Crippen LogP contribution is 2.33. The van der Waals surface area contributed by atoms with E-state index in [2.05, 4.69) is 20.7 Å². The minimum Gasteiger partial charge on any atom is -0.368 e. The van der Waals surface area contributed by atoms with E-state index in [1.54, 1.807) is 6.20 Å². The number of pyridine rings is 1. The maximum absolute atomic E-state index is 12.9. The first-order valence-corrected chi connectivity index (χ1v) is 7.86. The van der Waals surface area contributed by atoms with Gasteiger partial charge in [-0.15, -0.1) is 12.3 Å². The average molecular weight is 333 g/mol. The fourth-order valence-electron chi connectivity index (χ4n) is 3.02. The Morgan fingerprint density at radius 3 is 2.54 bits per heavy atom. The standard InChI is InChI=1S/C18H18F3N3/c1-2-3-8-23-9-11-24(12-10-23)17-6-7-22-16-13-14(18(19,20)21)4-5-15(16)17/h1,4-7,13H,3,8-12H2. The van der Waals surface area contributed by atoms with Crippen molar-refractivity contribution in [2.24, 2.45) is 0 Å². The van der Waals surface area contributed by atoms with Crippen LogP contribution in [-0.2, 0) is 6.18 Å². The van der Waals surface area contributed by atoms with Gasteiger partial charge in [-0.25, -0.2) is 0 Å². The number of hydrogen-bond donors (Lipinski definition) is 0. The van der Waals surface area contributed by atoms with Gasteiger partial charge in [0.15, 0.2) is 0 Å². The zero-order valence-corrected chi connectivity index (χ0v) is 13.2. The van der Waals surface area contributed by atoms with Crippen molar-refractivity contribution < 1.29 is 13.2 Å². The fourth-order valence-corrected chi connectivity index (χ4v) is 3.02. The number of rotatable bonds is 3. The van der Waals surface area contributed by atoms with Crippen molar-refractivity contribution >= 4 is 16.6 Å². The number of anilines is 1. The van der Waals surface area contributed by atoms with Crippen LogP contribution in [0.3, 0.4) is 0 Å². The third-order valence-electron chi connectivity index (χ3n) is 4.33. The lowest BCUT2D eigenvalue weighted by atomic mass is 10.1. The van der Waals surface area contributed by atoms with Gasteiger partial charge >= 0.3 is 6.18 Å². The van der Waals surface area contributed by atoms with E-state index in [1.807, 2.05) is 6.07 Å². The molecule has 1 aromatic carbocycles. The van der Waals surface area contributed by atoms with E-state index >= 15 is 0 Å². The second-order valence-corrected chi connectivity index (χ2v) is 5.84. The minimum absolute atomic E-state index is 0.372. The lowest BCUT2D eigenvalue weighted by molar-refractivity contribution is -0.137. The summed E-state index contributed by atoms with van der Waals surface area (Å²) in [6.45, 7) is 4.32. The van der Waals surface area contributed by atoms with Gasteiger partial charge in [0.1, 0.15) is 0 Å². The van der Waals surface area contributed by atoms with Crippen LogP contribution in [0, 0.1) is 12.3 Å². The van der Waals surface area contributed by atoms with Crippen LogP contribution in [0.15, 0.2) is 30.5 Å². The molecule has 0 aliphatic carbocycles. The number of halogens is 3. The molecular weight excluding hydrogens is 315 g/mol. The van der Waals surface area contributed by atoms with E-state index in [4.69, 9.17) is 6.42 Å². The van der Waals surface area contributed by atoms with Crippen molar-refractivity contribution in [1.82, 2.24) is 9.88 Å². The molecule has 0 atom stereocenters. The van der Waals surface area contributed by atoms with Gasteiger partial charge in [0.05, 0.1) is 11.1 Å². The third kappa shape index (κ3) is 3.46. The highest BCUT2D eigenvalue weighted by molar-refractivity contribution is 5.92. The van der Waals surface area contributed by atoms with E-state index in [9.17, 15) is 13.2 Å². The van der Waals surface area contributed by atoms with Gasteiger partial charge in [0, 0.05) is 56.4 Å². The predicted octanol–water partition coefficient (Wildman–Crippen LogP) is 3.40. The van der Waals surface area contributed by atoms with Crippen molar-refractivity contribution in [1.29, 1.82) is 0 Å². The summed E-state index contributed by atoms with van der Waals surface area (Å²) in [6.07, 6.45) is 3.25. The quantitative estimate of drug-likeness (QED) is 0.803. The Balaban J connectivity index is 1.82. The van der Waals surface area contributed by atoms with Crippen molar-refractivity contribution in [2.75, 3.05) is 37.6 Å². The summed E-state index contributed by atoms with van der Waals surface area (Å²) in [4.78, 5) is 8.61. The van der Waals surface area contributed by atoms with Crippen molar-refractivity contribution in [2.45, 2.75) is 12.6 Å². The molecule has 3 rings (SSSR count). The Hall–Kier alpha value is -2.26. The number of aromatic nitrogens is 1. The smallest absolute Gasteiger partial charge is 0.368 e. The summed E-state index contributed by atoms with van der Waals surface area (Å²) in [5.74, 6) is 2.64. The Kier molecular flexibility index (Phi) is 4.63. The third-order valence-corrected chi connectivity index (χ3v) is 4.33. The van der Waals surface area contributed by atoms with Gasteiger partial charge in [0.2, 0.25) is 0 Å². The normalized spacial score (nSPS) is 16.3. The van der Waals surface area contributed by atoms with Crippen LogP contribution in [0.4, 0.5) is 18.9 Å². The molecule has 0 spiro atoms. The largest absolute Gasteiger partial charge is 0.416 e. The van der Waals surface area contributed by atoms with Crippen LogP contribution in [0.5, 0.6) is 0 Å². The van der Waals surface area contributed by atoms with Crippen LogP contribution in [0.1, 0.15) is 12.0 Å². The molecule has 24 heavy (non-hydrogen) atoms. The van der Waals surface area contributed by atoms with Crippen LogP contribution in [0.25, 0.3) is 10.9 Å². The summed E-state index contributed by atoms with van der Waals surface area (Å²) in [5.41, 5.74) is 0.640. The summed E-state index contributed by atoms with van der Waals surface area (Å²) >= 11 is 0. The summed E-state index contributed by atoms with van der Waals surface area (Å²) in [7, 11) is 0. The number of terminal acetylenes is 1. The zero-order chi connectivity index (χ0) is 17.2. The molecule has 0 saturated carbocycles. The molecule has 1 saturated heterocycles. The second kappa shape index (κ2) is 6.70. The molecule has 2 aromatic rings. The van der Waals surface area contributed by atoms with Gasteiger partial charge in [0.25, 0.3) is 0 Å². The van der Waals surface area contributed by atoms with E-state index < -0.39 is 11.7 Å². The first-order valence-electron chi connectivity index (χ1n) is 7.86. The van der Waals surface area contributed by atoms with Crippen LogP contribution < -0.4 is 4.90 Å². The first-order chi connectivity index (χ1) is 11.5. The lowest BCUT2D eigenvalue weighted by Gasteiger charge is -2.36. The van der Waals surface area contributed by atoms with Gasteiger partial charge in [-0.3, -0.25) is 9.88 Å². The first kappa shape index (κ1) is 16.6.